The third kappa shape index (κ3) is 0.949. The third-order valence-corrected chi connectivity index (χ3v) is 1.98. The second-order valence-corrected chi connectivity index (χ2v) is 2.72. The maximum Gasteiger partial charge on any atom is 0.561 e. The van der Waals surface area contributed by atoms with Crippen LogP contribution in [0.5, 0.6) is 0 Å². The molecule has 1 aromatic carbocycles. The van der Waals surface area contributed by atoms with Gasteiger partial charge in [-0.15, -0.1) is 0 Å². The predicted octanol–water partition coefficient (Wildman–Crippen LogP) is 0.0798. The van der Waals surface area contributed by atoms with Gasteiger partial charge < -0.3 is 9.68 Å². The van der Waals surface area contributed by atoms with E-state index in [-0.39, 0.29) is 0 Å². The van der Waals surface area contributed by atoms with Crippen molar-refractivity contribution in [2.75, 3.05) is 0 Å². The Hall–Kier alpha value is -0.865. The maximum absolute atomic E-state index is 9.24. The SMILES string of the molecule is OB1OC(=S)c2ccccc21. The molecule has 54 valence electrons. The van der Waals surface area contributed by atoms with E-state index in [1.807, 2.05) is 18.2 Å². The lowest BCUT2D eigenvalue weighted by atomic mass is 9.80. The summed E-state index contributed by atoms with van der Waals surface area (Å²) < 4.78 is 4.92. The van der Waals surface area contributed by atoms with Crippen LogP contribution in [-0.4, -0.2) is 17.2 Å². The Kier molecular flexibility index (Phi) is 1.44. The molecule has 11 heavy (non-hydrogen) atoms. The quantitative estimate of drug-likeness (QED) is 0.435. The van der Waals surface area contributed by atoms with Gasteiger partial charge in [-0.1, -0.05) is 24.3 Å². The van der Waals surface area contributed by atoms with Gasteiger partial charge in [0.15, 0.2) is 5.05 Å². The van der Waals surface area contributed by atoms with Crippen LogP contribution in [0.3, 0.4) is 0 Å². The zero-order valence-corrected chi connectivity index (χ0v) is 6.47. The maximum atomic E-state index is 9.24. The number of rotatable bonds is 0. The largest absolute Gasteiger partial charge is 0.561 e. The van der Waals surface area contributed by atoms with Crippen LogP contribution < -0.4 is 5.46 Å². The van der Waals surface area contributed by atoms with E-state index in [1.54, 1.807) is 6.07 Å². The van der Waals surface area contributed by atoms with E-state index in [1.165, 1.54) is 0 Å². The van der Waals surface area contributed by atoms with Crippen molar-refractivity contribution in [3.05, 3.63) is 29.8 Å². The molecule has 0 fully saturated rings. The number of hydrogen-bond acceptors (Lipinski definition) is 3. The van der Waals surface area contributed by atoms with Gasteiger partial charge in [-0.2, -0.15) is 0 Å². The first-order valence-corrected chi connectivity index (χ1v) is 3.68. The van der Waals surface area contributed by atoms with Gasteiger partial charge in [-0.05, 0) is 12.2 Å². The molecule has 0 atom stereocenters. The lowest BCUT2D eigenvalue weighted by Crippen LogP contribution is -2.27. The van der Waals surface area contributed by atoms with Gasteiger partial charge in [-0.3, -0.25) is 0 Å². The van der Waals surface area contributed by atoms with Crippen molar-refractivity contribution in [1.29, 1.82) is 0 Å². The monoisotopic (exact) mass is 164 g/mol. The topological polar surface area (TPSA) is 29.5 Å². The molecule has 1 heterocycles. The Morgan fingerprint density at radius 1 is 1.36 bits per heavy atom. The minimum atomic E-state index is -0.862. The average Bonchev–Trinajstić information content (AvgIpc) is 2.30. The van der Waals surface area contributed by atoms with Gasteiger partial charge in [0, 0.05) is 11.0 Å². The summed E-state index contributed by atoms with van der Waals surface area (Å²) in [4.78, 5) is 0. The van der Waals surface area contributed by atoms with Gasteiger partial charge in [0.25, 0.3) is 0 Å². The number of fused-ring (bicyclic) bond motifs is 1. The van der Waals surface area contributed by atoms with Crippen molar-refractivity contribution in [2.24, 2.45) is 0 Å². The summed E-state index contributed by atoms with van der Waals surface area (Å²) in [6, 6.07) is 7.36. The van der Waals surface area contributed by atoms with Crippen molar-refractivity contribution >= 4 is 29.8 Å². The van der Waals surface area contributed by atoms with E-state index < -0.39 is 7.12 Å². The van der Waals surface area contributed by atoms with Gasteiger partial charge >= 0.3 is 7.12 Å². The smallest absolute Gasteiger partial charge is 0.524 e. The van der Waals surface area contributed by atoms with Crippen LogP contribution in [0.4, 0.5) is 0 Å². The molecule has 1 N–H and O–H groups in total. The number of thiocarbonyl (C=S) groups is 1. The Labute approximate surface area is 69.9 Å². The average molecular weight is 164 g/mol. The van der Waals surface area contributed by atoms with Crippen molar-refractivity contribution in [2.45, 2.75) is 0 Å². The highest BCUT2D eigenvalue weighted by molar-refractivity contribution is 7.80. The fraction of sp³-hybridized carbons (Fsp3) is 0. The standard InChI is InChI=1S/C7H5BO2S/c9-8-6-4-2-1-3-5(6)7(11)10-8/h1-4,9H. The second kappa shape index (κ2) is 2.32. The summed E-state index contributed by atoms with van der Waals surface area (Å²) in [6.45, 7) is 0. The summed E-state index contributed by atoms with van der Waals surface area (Å²) >= 11 is 4.87. The van der Waals surface area contributed by atoms with E-state index >= 15 is 0 Å². The molecule has 4 heteroatoms. The molecule has 0 radical (unpaired) electrons. The van der Waals surface area contributed by atoms with Crippen LogP contribution in [0.25, 0.3) is 0 Å². The van der Waals surface area contributed by atoms with Gasteiger partial charge in [0.05, 0.1) is 0 Å². The first-order valence-electron chi connectivity index (χ1n) is 3.27. The van der Waals surface area contributed by atoms with Crippen molar-refractivity contribution < 1.29 is 9.68 Å². The zero-order chi connectivity index (χ0) is 7.84. The molecule has 0 saturated heterocycles. The summed E-state index contributed by atoms with van der Waals surface area (Å²) in [6.07, 6.45) is 0. The molecule has 2 nitrogen and oxygen atoms in total. The van der Waals surface area contributed by atoms with Crippen LogP contribution >= 0.6 is 12.2 Å². The minimum Gasteiger partial charge on any atom is -0.524 e. The molecule has 1 aliphatic rings. The number of benzene rings is 1. The molecule has 0 amide bonds. The lowest BCUT2D eigenvalue weighted by molar-refractivity contribution is 0.442. The first kappa shape index (κ1) is 6.82. The Bertz CT molecular complexity index is 313. The molecule has 1 aliphatic heterocycles. The fourth-order valence-electron chi connectivity index (χ4n) is 1.13. The molecule has 2 rings (SSSR count). The Morgan fingerprint density at radius 3 is 2.82 bits per heavy atom. The van der Waals surface area contributed by atoms with Crippen molar-refractivity contribution in [3.8, 4) is 0 Å². The Balaban J connectivity index is 2.60. The van der Waals surface area contributed by atoms with E-state index in [2.05, 4.69) is 0 Å². The minimum absolute atomic E-state index is 0.383. The summed E-state index contributed by atoms with van der Waals surface area (Å²) in [5.41, 5.74) is 1.59. The van der Waals surface area contributed by atoms with E-state index in [4.69, 9.17) is 16.9 Å². The molecule has 0 bridgehead atoms. The predicted molar refractivity (Wildman–Crippen MR) is 46.8 cm³/mol. The van der Waals surface area contributed by atoms with Crippen LogP contribution in [0, 0.1) is 0 Å². The highest BCUT2D eigenvalue weighted by Crippen LogP contribution is 2.09. The second-order valence-electron chi connectivity index (χ2n) is 2.34. The van der Waals surface area contributed by atoms with Crippen LogP contribution in [0.2, 0.25) is 0 Å². The zero-order valence-electron chi connectivity index (χ0n) is 5.65. The van der Waals surface area contributed by atoms with E-state index in [0.29, 0.717) is 5.05 Å². The lowest BCUT2D eigenvalue weighted by Gasteiger charge is -1.93. The van der Waals surface area contributed by atoms with E-state index in [0.717, 1.165) is 11.0 Å². The van der Waals surface area contributed by atoms with Gasteiger partial charge in [0.2, 0.25) is 0 Å². The van der Waals surface area contributed by atoms with Crippen molar-refractivity contribution in [3.63, 3.8) is 0 Å². The highest BCUT2D eigenvalue weighted by Gasteiger charge is 2.31. The van der Waals surface area contributed by atoms with Gasteiger partial charge in [0.1, 0.15) is 0 Å². The molecular formula is C7H5BO2S. The highest BCUT2D eigenvalue weighted by atomic mass is 32.1. The van der Waals surface area contributed by atoms with E-state index in [9.17, 15) is 5.02 Å². The summed E-state index contributed by atoms with van der Waals surface area (Å²) in [5, 5.41) is 9.62. The van der Waals surface area contributed by atoms with Crippen LogP contribution in [-0.2, 0) is 4.65 Å². The molecule has 0 aliphatic carbocycles. The number of hydrogen-bond donors (Lipinski definition) is 1. The normalized spacial score (nSPS) is 14.6. The van der Waals surface area contributed by atoms with Gasteiger partial charge in [-0.25, -0.2) is 0 Å². The molecule has 0 saturated carbocycles. The van der Waals surface area contributed by atoms with Crippen molar-refractivity contribution in [1.82, 2.24) is 0 Å². The first-order chi connectivity index (χ1) is 5.29. The fourth-order valence-corrected chi connectivity index (χ4v) is 1.40. The molecule has 1 aromatic rings. The summed E-state index contributed by atoms with van der Waals surface area (Å²) in [5.74, 6) is 0. The van der Waals surface area contributed by atoms with Crippen LogP contribution in [0.1, 0.15) is 5.56 Å². The molecule has 0 aromatic heterocycles. The molecule has 0 spiro atoms. The molecular weight excluding hydrogens is 159 g/mol. The summed E-state index contributed by atoms with van der Waals surface area (Å²) in [7, 11) is -0.862. The Morgan fingerprint density at radius 2 is 2.09 bits per heavy atom. The van der Waals surface area contributed by atoms with Crippen LogP contribution in [0.15, 0.2) is 24.3 Å². The molecule has 0 unspecified atom stereocenters. The third-order valence-electron chi connectivity index (χ3n) is 1.67.